The normalized spacial score (nSPS) is 13.9. The molecule has 0 atom stereocenters. The number of carbonyl (C=O) groups excluding carboxylic acids is 1. The second-order valence-corrected chi connectivity index (χ2v) is 9.77. The Morgan fingerprint density at radius 1 is 1.11 bits per heavy atom. The van der Waals surface area contributed by atoms with Crippen molar-refractivity contribution in [3.8, 4) is 11.1 Å². The minimum absolute atomic E-state index is 0.124. The van der Waals surface area contributed by atoms with Gasteiger partial charge in [-0.25, -0.2) is 4.98 Å². The number of carbonyl (C=O) groups is 1. The summed E-state index contributed by atoms with van der Waals surface area (Å²) in [6.45, 7) is 11.0. The lowest BCUT2D eigenvalue weighted by atomic mass is 10.0. The number of aryl methyl sites for hydroxylation is 2. The molecule has 1 amide bonds. The van der Waals surface area contributed by atoms with E-state index in [1.165, 1.54) is 0 Å². The third kappa shape index (κ3) is 4.99. The van der Waals surface area contributed by atoms with E-state index in [2.05, 4.69) is 40.2 Å². The van der Waals surface area contributed by atoms with Crippen molar-refractivity contribution in [2.75, 3.05) is 31.2 Å². The van der Waals surface area contributed by atoms with Crippen molar-refractivity contribution in [1.29, 1.82) is 0 Å². The molecule has 1 fully saturated rings. The molecule has 1 saturated heterocycles. The maximum atomic E-state index is 13.5. The van der Waals surface area contributed by atoms with E-state index < -0.39 is 0 Å². The summed E-state index contributed by atoms with van der Waals surface area (Å²) in [6.07, 6.45) is 3.58. The van der Waals surface area contributed by atoms with Crippen LogP contribution in [-0.4, -0.2) is 52.0 Å². The average molecular weight is 501 g/mol. The Bertz CT molecular complexity index is 1500. The van der Waals surface area contributed by atoms with Crippen molar-refractivity contribution < 1.29 is 9.53 Å². The molecular formula is C28H32N6O3. The monoisotopic (exact) mass is 500 g/mol. The summed E-state index contributed by atoms with van der Waals surface area (Å²) in [6, 6.07) is 10.0. The van der Waals surface area contributed by atoms with Crippen LogP contribution in [0.3, 0.4) is 0 Å². The van der Waals surface area contributed by atoms with Gasteiger partial charge in [0.15, 0.2) is 0 Å². The zero-order valence-electron chi connectivity index (χ0n) is 21.7. The third-order valence-electron chi connectivity index (χ3n) is 6.79. The second-order valence-electron chi connectivity index (χ2n) is 9.77. The quantitative estimate of drug-likeness (QED) is 0.418. The van der Waals surface area contributed by atoms with Gasteiger partial charge in [-0.1, -0.05) is 0 Å². The van der Waals surface area contributed by atoms with Gasteiger partial charge >= 0.3 is 0 Å². The molecule has 0 saturated carbocycles. The van der Waals surface area contributed by atoms with Gasteiger partial charge in [-0.15, -0.1) is 0 Å². The number of fused-ring (bicyclic) bond motifs is 1. The van der Waals surface area contributed by atoms with Gasteiger partial charge in [0.1, 0.15) is 5.82 Å². The van der Waals surface area contributed by atoms with Crippen molar-refractivity contribution in [2.24, 2.45) is 0 Å². The number of H-pyrrole nitrogens is 1. The summed E-state index contributed by atoms with van der Waals surface area (Å²) >= 11 is 0. The molecular weight excluding hydrogens is 468 g/mol. The van der Waals surface area contributed by atoms with Crippen LogP contribution in [0.15, 0.2) is 47.5 Å². The Morgan fingerprint density at radius 3 is 2.57 bits per heavy atom. The molecule has 192 valence electrons. The topological polar surface area (TPSA) is 105 Å². The maximum Gasteiger partial charge on any atom is 0.253 e. The Balaban J connectivity index is 1.49. The highest BCUT2D eigenvalue weighted by Crippen LogP contribution is 2.30. The predicted octanol–water partition coefficient (Wildman–Crippen LogP) is 3.75. The van der Waals surface area contributed by atoms with Gasteiger partial charge in [0.25, 0.3) is 11.5 Å². The molecule has 4 heterocycles. The van der Waals surface area contributed by atoms with Crippen LogP contribution in [-0.2, 0) is 11.3 Å². The first-order chi connectivity index (χ1) is 17.8. The molecule has 1 aromatic carbocycles. The lowest BCUT2D eigenvalue weighted by Gasteiger charge is -2.27. The lowest BCUT2D eigenvalue weighted by Crippen LogP contribution is -2.36. The fourth-order valence-electron chi connectivity index (χ4n) is 4.81. The number of pyridine rings is 2. The standard InChI is InChI=1S/C28H32N6O3/c1-17(2)34-25-13-21(20-5-6-26(29-14-20)33-7-9-37-10-8-33)12-22(24(25)16-31-34)27(35)30-15-23-18(3)11-19(4)32-28(23)36/h5-6,11-14,16-17H,7-10,15H2,1-4H3,(H,30,35)(H,32,36). The maximum absolute atomic E-state index is 13.5. The van der Waals surface area contributed by atoms with Crippen LogP contribution in [0.2, 0.25) is 0 Å². The number of rotatable bonds is 6. The van der Waals surface area contributed by atoms with Crippen LogP contribution in [0.1, 0.15) is 47.1 Å². The Morgan fingerprint density at radius 2 is 1.89 bits per heavy atom. The smallest absolute Gasteiger partial charge is 0.253 e. The first-order valence-electron chi connectivity index (χ1n) is 12.6. The summed E-state index contributed by atoms with van der Waals surface area (Å²) in [5, 5.41) is 8.27. The van der Waals surface area contributed by atoms with Crippen molar-refractivity contribution in [1.82, 2.24) is 25.1 Å². The van der Waals surface area contributed by atoms with E-state index in [0.717, 1.165) is 52.2 Å². The van der Waals surface area contributed by atoms with Crippen LogP contribution in [0.25, 0.3) is 22.0 Å². The number of amides is 1. The molecule has 9 heteroatoms. The lowest BCUT2D eigenvalue weighted by molar-refractivity contribution is 0.0952. The van der Waals surface area contributed by atoms with E-state index in [9.17, 15) is 9.59 Å². The highest BCUT2D eigenvalue weighted by Gasteiger charge is 2.19. The van der Waals surface area contributed by atoms with Crippen LogP contribution < -0.4 is 15.8 Å². The molecule has 1 aliphatic rings. The molecule has 0 spiro atoms. The van der Waals surface area contributed by atoms with E-state index in [1.54, 1.807) is 6.20 Å². The molecule has 9 nitrogen and oxygen atoms in total. The number of anilines is 1. The number of benzene rings is 1. The molecule has 0 aliphatic carbocycles. The Hall–Kier alpha value is -3.98. The number of morpholine rings is 1. The van der Waals surface area contributed by atoms with Gasteiger partial charge in [-0.05, 0) is 69.2 Å². The zero-order valence-corrected chi connectivity index (χ0v) is 21.7. The van der Waals surface area contributed by atoms with Crippen LogP contribution in [0.5, 0.6) is 0 Å². The van der Waals surface area contributed by atoms with E-state index in [4.69, 9.17) is 9.72 Å². The van der Waals surface area contributed by atoms with Crippen LogP contribution >= 0.6 is 0 Å². The molecule has 37 heavy (non-hydrogen) atoms. The fourth-order valence-corrected chi connectivity index (χ4v) is 4.81. The summed E-state index contributed by atoms with van der Waals surface area (Å²) in [5.41, 5.74) is 5.18. The first kappa shape index (κ1) is 24.7. The van der Waals surface area contributed by atoms with E-state index >= 15 is 0 Å². The molecule has 0 unspecified atom stereocenters. The largest absolute Gasteiger partial charge is 0.378 e. The molecule has 1 aliphatic heterocycles. The first-order valence-corrected chi connectivity index (χ1v) is 12.6. The number of hydrogen-bond donors (Lipinski definition) is 2. The van der Waals surface area contributed by atoms with Gasteiger partial charge in [-0.3, -0.25) is 14.3 Å². The summed E-state index contributed by atoms with van der Waals surface area (Å²) in [4.78, 5) is 35.6. The Kier molecular flexibility index (Phi) is 6.80. The number of hydrogen-bond acceptors (Lipinski definition) is 6. The average Bonchev–Trinajstić information content (AvgIpc) is 3.32. The molecule has 2 N–H and O–H groups in total. The van der Waals surface area contributed by atoms with Crippen molar-refractivity contribution in [3.63, 3.8) is 0 Å². The van der Waals surface area contributed by atoms with Gasteiger partial charge in [0.2, 0.25) is 0 Å². The second kappa shape index (κ2) is 10.2. The zero-order chi connectivity index (χ0) is 26.1. The van der Waals surface area contributed by atoms with Crippen molar-refractivity contribution in [3.05, 3.63) is 75.5 Å². The predicted molar refractivity (Wildman–Crippen MR) is 144 cm³/mol. The minimum atomic E-state index is -0.257. The molecule has 3 aromatic heterocycles. The van der Waals surface area contributed by atoms with E-state index in [1.807, 2.05) is 49.0 Å². The number of nitrogens with zero attached hydrogens (tertiary/aromatic N) is 4. The van der Waals surface area contributed by atoms with Crippen LogP contribution in [0.4, 0.5) is 5.82 Å². The number of aromatic nitrogens is 4. The Labute approximate surface area is 215 Å². The van der Waals surface area contributed by atoms with Gasteiger partial charge in [0, 0.05) is 54.1 Å². The summed E-state index contributed by atoms with van der Waals surface area (Å²) < 4.78 is 7.36. The van der Waals surface area contributed by atoms with E-state index in [-0.39, 0.29) is 24.1 Å². The molecule has 4 aromatic rings. The molecule has 0 radical (unpaired) electrons. The summed E-state index contributed by atoms with van der Waals surface area (Å²) in [7, 11) is 0. The SMILES string of the molecule is Cc1cc(C)c(CNC(=O)c2cc(-c3ccc(N4CCOCC4)nc3)cc3c2cnn3C(C)C)c(=O)[nH]1. The minimum Gasteiger partial charge on any atom is -0.378 e. The fraction of sp³-hybridized carbons (Fsp3) is 0.357. The van der Waals surface area contributed by atoms with Crippen molar-refractivity contribution in [2.45, 2.75) is 40.3 Å². The highest BCUT2D eigenvalue weighted by molar-refractivity contribution is 6.08. The number of aromatic amines is 1. The third-order valence-corrected chi connectivity index (χ3v) is 6.79. The molecule has 5 rings (SSSR count). The van der Waals surface area contributed by atoms with Gasteiger partial charge in [0.05, 0.1) is 30.5 Å². The number of nitrogens with one attached hydrogen (secondary N) is 2. The molecule has 0 bridgehead atoms. The van der Waals surface area contributed by atoms with E-state index in [0.29, 0.717) is 24.3 Å². The van der Waals surface area contributed by atoms with Crippen LogP contribution in [0, 0.1) is 13.8 Å². The highest BCUT2D eigenvalue weighted by atomic mass is 16.5. The van der Waals surface area contributed by atoms with Gasteiger partial charge < -0.3 is 19.9 Å². The summed E-state index contributed by atoms with van der Waals surface area (Å²) in [5.74, 6) is 0.657. The van der Waals surface area contributed by atoms with Gasteiger partial charge in [-0.2, -0.15) is 5.10 Å². The van der Waals surface area contributed by atoms with Crippen molar-refractivity contribution >= 4 is 22.6 Å². The number of ether oxygens (including phenoxy) is 1.